The van der Waals surface area contributed by atoms with Gasteiger partial charge in [0.25, 0.3) is 0 Å². The third-order valence-electron chi connectivity index (χ3n) is 1.49. The second-order valence-electron chi connectivity index (χ2n) is 4.15. The second-order valence-corrected chi connectivity index (χ2v) is 4.15. The Kier molecular flexibility index (Phi) is 2.98. The summed E-state index contributed by atoms with van der Waals surface area (Å²) < 4.78 is 42.0. The Morgan fingerprint density at radius 1 is 1.38 bits per heavy atom. The number of carbonyl (C=O) groups is 1. The number of hydrogen-bond donors (Lipinski definition) is 0. The fraction of sp³-hybridized carbons (Fsp3) is 0.556. The van der Waals surface area contributed by atoms with Crippen LogP contribution >= 0.6 is 0 Å². The predicted molar refractivity (Wildman–Crippen MR) is 48.9 cm³/mol. The lowest BCUT2D eigenvalue weighted by molar-refractivity contribution is -0.137. The molecule has 0 radical (unpaired) electrons. The van der Waals surface area contributed by atoms with Gasteiger partial charge in [-0.15, -0.1) is 0 Å². The van der Waals surface area contributed by atoms with Crippen LogP contribution in [-0.4, -0.2) is 21.5 Å². The average molecular weight is 236 g/mol. The van der Waals surface area contributed by atoms with Gasteiger partial charge in [-0.25, -0.2) is 4.79 Å². The van der Waals surface area contributed by atoms with E-state index < -0.39 is 23.4 Å². The Morgan fingerprint density at radius 3 is 2.31 bits per heavy atom. The Hall–Kier alpha value is -1.53. The molecule has 1 rings (SSSR count). The molecule has 0 saturated heterocycles. The molecular formula is C9H11F3N2O2. The lowest BCUT2D eigenvalue weighted by Gasteiger charge is -2.18. The molecule has 16 heavy (non-hydrogen) atoms. The van der Waals surface area contributed by atoms with Crippen LogP contribution in [0.4, 0.5) is 18.0 Å². The highest BCUT2D eigenvalue weighted by Crippen LogP contribution is 2.28. The van der Waals surface area contributed by atoms with Crippen molar-refractivity contribution in [3.63, 3.8) is 0 Å². The highest BCUT2D eigenvalue weighted by Gasteiger charge is 2.33. The highest BCUT2D eigenvalue weighted by atomic mass is 19.4. The summed E-state index contributed by atoms with van der Waals surface area (Å²) in [5.41, 5.74) is -1.76. The van der Waals surface area contributed by atoms with Gasteiger partial charge >= 0.3 is 12.3 Å². The Bertz CT molecular complexity index is 390. The van der Waals surface area contributed by atoms with Crippen molar-refractivity contribution in [1.29, 1.82) is 0 Å². The molecule has 0 atom stereocenters. The highest BCUT2D eigenvalue weighted by molar-refractivity contribution is 5.69. The molecular weight excluding hydrogens is 225 g/mol. The number of ether oxygens (including phenoxy) is 1. The molecule has 0 aliphatic heterocycles. The molecule has 0 N–H and O–H groups in total. The molecule has 1 aromatic heterocycles. The van der Waals surface area contributed by atoms with Crippen molar-refractivity contribution in [3.05, 3.63) is 18.0 Å². The topological polar surface area (TPSA) is 44.1 Å². The summed E-state index contributed by atoms with van der Waals surface area (Å²) in [6, 6.07) is 0. The zero-order valence-corrected chi connectivity index (χ0v) is 9.00. The largest absolute Gasteiger partial charge is 0.442 e. The van der Waals surface area contributed by atoms with Gasteiger partial charge in [0, 0.05) is 6.20 Å². The smallest absolute Gasteiger partial charge is 0.435 e. The third kappa shape index (κ3) is 3.25. The van der Waals surface area contributed by atoms with Crippen molar-refractivity contribution in [3.8, 4) is 0 Å². The number of nitrogens with zero attached hydrogens (tertiary/aromatic N) is 2. The van der Waals surface area contributed by atoms with Crippen LogP contribution in [0.25, 0.3) is 0 Å². The van der Waals surface area contributed by atoms with Crippen LogP contribution in [0.3, 0.4) is 0 Å². The molecule has 0 aromatic carbocycles. The minimum Gasteiger partial charge on any atom is -0.442 e. The minimum atomic E-state index is -4.51. The van der Waals surface area contributed by atoms with E-state index in [0.29, 0.717) is 17.1 Å². The maximum atomic E-state index is 12.2. The molecule has 0 fully saturated rings. The lowest BCUT2D eigenvalue weighted by atomic mass is 10.2. The maximum absolute atomic E-state index is 12.2. The number of hydrogen-bond acceptors (Lipinski definition) is 3. The summed E-state index contributed by atoms with van der Waals surface area (Å²) in [5.74, 6) is 0. The first kappa shape index (κ1) is 12.5. The first-order valence-electron chi connectivity index (χ1n) is 4.45. The van der Waals surface area contributed by atoms with Crippen molar-refractivity contribution >= 4 is 6.09 Å². The molecule has 7 heteroatoms. The Morgan fingerprint density at radius 2 is 1.94 bits per heavy atom. The lowest BCUT2D eigenvalue weighted by Crippen LogP contribution is -2.27. The summed E-state index contributed by atoms with van der Waals surface area (Å²) in [7, 11) is 0. The molecule has 1 heterocycles. The van der Waals surface area contributed by atoms with Crippen molar-refractivity contribution in [2.45, 2.75) is 32.5 Å². The van der Waals surface area contributed by atoms with E-state index in [9.17, 15) is 18.0 Å². The summed E-state index contributed by atoms with van der Waals surface area (Å²) >= 11 is 0. The summed E-state index contributed by atoms with van der Waals surface area (Å²) in [6.07, 6.45) is -4.29. The minimum absolute atomic E-state index is 0.522. The molecule has 0 bridgehead atoms. The SMILES string of the molecule is CC(C)(C)OC(=O)n1cc(C(F)(F)F)cn1. The fourth-order valence-electron chi connectivity index (χ4n) is 0.878. The van der Waals surface area contributed by atoms with Crippen LogP contribution in [0.15, 0.2) is 12.4 Å². The van der Waals surface area contributed by atoms with Gasteiger partial charge in [0.05, 0.1) is 11.8 Å². The van der Waals surface area contributed by atoms with Gasteiger partial charge in [-0.3, -0.25) is 0 Å². The number of alkyl halides is 3. The Labute approximate surface area is 90.0 Å². The number of rotatable bonds is 0. The zero-order valence-electron chi connectivity index (χ0n) is 9.00. The van der Waals surface area contributed by atoms with Crippen LogP contribution in [0, 0.1) is 0 Å². The van der Waals surface area contributed by atoms with Crippen LogP contribution in [0.2, 0.25) is 0 Å². The number of halogens is 3. The van der Waals surface area contributed by atoms with E-state index in [4.69, 9.17) is 4.74 Å². The van der Waals surface area contributed by atoms with Crippen LogP contribution < -0.4 is 0 Å². The fourth-order valence-corrected chi connectivity index (χ4v) is 0.878. The average Bonchev–Trinajstić information content (AvgIpc) is 2.46. The quantitative estimate of drug-likeness (QED) is 0.695. The molecule has 0 aliphatic rings. The maximum Gasteiger partial charge on any atom is 0.435 e. The molecule has 0 saturated carbocycles. The second kappa shape index (κ2) is 3.80. The first-order valence-corrected chi connectivity index (χ1v) is 4.45. The number of carbonyl (C=O) groups excluding carboxylic acids is 1. The Balaban J connectivity index is 2.83. The van der Waals surface area contributed by atoms with E-state index in [1.165, 1.54) is 0 Å². The molecule has 0 spiro atoms. The summed E-state index contributed by atoms with van der Waals surface area (Å²) in [6.45, 7) is 4.83. The van der Waals surface area contributed by atoms with E-state index in [0.717, 1.165) is 0 Å². The normalized spacial score (nSPS) is 12.6. The van der Waals surface area contributed by atoms with Crippen LogP contribution in [0.5, 0.6) is 0 Å². The molecule has 0 amide bonds. The van der Waals surface area contributed by atoms with Gasteiger partial charge in [-0.05, 0) is 20.8 Å². The standard InChI is InChI=1S/C9H11F3N2O2/c1-8(2,3)16-7(15)14-5-6(4-13-14)9(10,11)12/h4-5H,1-3H3. The van der Waals surface area contributed by atoms with Crippen molar-refractivity contribution in [1.82, 2.24) is 9.78 Å². The van der Waals surface area contributed by atoms with Gasteiger partial charge < -0.3 is 4.74 Å². The predicted octanol–water partition coefficient (Wildman–Crippen LogP) is 2.69. The third-order valence-corrected chi connectivity index (χ3v) is 1.49. The molecule has 4 nitrogen and oxygen atoms in total. The van der Waals surface area contributed by atoms with Gasteiger partial charge in [-0.2, -0.15) is 23.0 Å². The van der Waals surface area contributed by atoms with Crippen molar-refractivity contribution < 1.29 is 22.7 Å². The van der Waals surface area contributed by atoms with E-state index in [1.54, 1.807) is 20.8 Å². The summed E-state index contributed by atoms with van der Waals surface area (Å²) in [4.78, 5) is 11.3. The van der Waals surface area contributed by atoms with Gasteiger partial charge in [0.15, 0.2) is 0 Å². The molecule has 0 unspecified atom stereocenters. The van der Waals surface area contributed by atoms with E-state index in [1.807, 2.05) is 0 Å². The monoisotopic (exact) mass is 236 g/mol. The van der Waals surface area contributed by atoms with Gasteiger partial charge in [0.1, 0.15) is 5.60 Å². The summed E-state index contributed by atoms with van der Waals surface area (Å²) in [5, 5.41) is 3.29. The molecule has 90 valence electrons. The molecule has 1 aromatic rings. The zero-order chi connectivity index (χ0) is 12.6. The number of aromatic nitrogens is 2. The van der Waals surface area contributed by atoms with Crippen molar-refractivity contribution in [2.75, 3.05) is 0 Å². The van der Waals surface area contributed by atoms with Crippen LogP contribution in [-0.2, 0) is 10.9 Å². The first-order chi connectivity index (χ1) is 7.09. The van der Waals surface area contributed by atoms with E-state index in [2.05, 4.69) is 5.10 Å². The van der Waals surface area contributed by atoms with Crippen molar-refractivity contribution in [2.24, 2.45) is 0 Å². The van der Waals surface area contributed by atoms with E-state index in [-0.39, 0.29) is 0 Å². The van der Waals surface area contributed by atoms with Gasteiger partial charge in [-0.1, -0.05) is 0 Å². The molecule has 0 aliphatic carbocycles. The van der Waals surface area contributed by atoms with Gasteiger partial charge in [0.2, 0.25) is 0 Å². The van der Waals surface area contributed by atoms with E-state index >= 15 is 0 Å². The van der Waals surface area contributed by atoms with Crippen LogP contribution in [0.1, 0.15) is 26.3 Å².